The van der Waals surface area contributed by atoms with Gasteiger partial charge in [-0.1, -0.05) is 0 Å². The molecule has 2 aliphatic rings. The highest BCUT2D eigenvalue weighted by atomic mass is 16.6. The Kier molecular flexibility index (Phi) is 3.69. The molecule has 6 nitrogen and oxygen atoms in total. The fraction of sp³-hybridized carbons (Fsp3) is 0.667. The van der Waals surface area contributed by atoms with Crippen LogP contribution < -0.4 is 4.90 Å². The largest absolute Gasteiger partial charge is 0.448 e. The molecule has 2 aliphatic heterocycles. The first kappa shape index (κ1) is 14.1. The van der Waals surface area contributed by atoms with Crippen molar-refractivity contribution >= 4 is 12.0 Å². The van der Waals surface area contributed by atoms with Crippen molar-refractivity contribution in [3.8, 4) is 0 Å². The van der Waals surface area contributed by atoms with E-state index in [1.165, 1.54) is 0 Å². The van der Waals surface area contributed by atoms with Crippen LogP contribution in [0.15, 0.2) is 0 Å². The summed E-state index contributed by atoms with van der Waals surface area (Å²) in [5, 5.41) is 0. The van der Waals surface area contributed by atoms with Gasteiger partial charge in [-0.3, -0.25) is 0 Å². The maximum absolute atomic E-state index is 11.6. The van der Waals surface area contributed by atoms with E-state index in [1.807, 2.05) is 18.7 Å². The highest BCUT2D eigenvalue weighted by Gasteiger charge is 2.32. The molecular formula is C15H22N4O2. The minimum Gasteiger partial charge on any atom is -0.448 e. The third-order valence-corrected chi connectivity index (χ3v) is 4.60. The molecule has 2 saturated heterocycles. The van der Waals surface area contributed by atoms with E-state index < -0.39 is 0 Å². The molecular weight excluding hydrogens is 268 g/mol. The number of piperidine rings is 1. The summed E-state index contributed by atoms with van der Waals surface area (Å²) < 4.78 is 5.02. The van der Waals surface area contributed by atoms with Crippen molar-refractivity contribution in [2.45, 2.75) is 39.7 Å². The lowest BCUT2D eigenvalue weighted by molar-refractivity contribution is 0.142. The molecule has 0 bridgehead atoms. The number of cyclic esters (lactones) is 1. The number of aryl methyl sites for hydroxylation is 2. The van der Waals surface area contributed by atoms with Gasteiger partial charge in [0.15, 0.2) is 0 Å². The number of hydrogen-bond acceptors (Lipinski definition) is 5. The normalized spacial score (nSPS) is 20.0. The summed E-state index contributed by atoms with van der Waals surface area (Å²) in [5.74, 6) is 0.818. The number of aromatic nitrogens is 2. The fourth-order valence-corrected chi connectivity index (χ4v) is 3.01. The number of amides is 1. The van der Waals surface area contributed by atoms with Gasteiger partial charge in [0.25, 0.3) is 0 Å². The van der Waals surface area contributed by atoms with Gasteiger partial charge >= 0.3 is 6.09 Å². The second-order valence-corrected chi connectivity index (χ2v) is 5.85. The van der Waals surface area contributed by atoms with Crippen molar-refractivity contribution in [1.82, 2.24) is 14.9 Å². The third kappa shape index (κ3) is 2.66. The molecule has 2 fully saturated rings. The topological polar surface area (TPSA) is 58.6 Å². The van der Waals surface area contributed by atoms with E-state index in [-0.39, 0.29) is 6.09 Å². The molecule has 6 heteroatoms. The predicted molar refractivity (Wildman–Crippen MR) is 79.5 cm³/mol. The average molecular weight is 290 g/mol. The first-order chi connectivity index (χ1) is 10.1. The van der Waals surface area contributed by atoms with Gasteiger partial charge in [-0.05, 0) is 39.2 Å². The minimum absolute atomic E-state index is 0.160. The molecule has 0 atom stereocenters. The Morgan fingerprint density at radius 1 is 1.05 bits per heavy atom. The van der Waals surface area contributed by atoms with E-state index in [0.717, 1.165) is 55.4 Å². The van der Waals surface area contributed by atoms with Crippen LogP contribution in [-0.2, 0) is 4.74 Å². The van der Waals surface area contributed by atoms with Gasteiger partial charge in [-0.25, -0.2) is 14.8 Å². The maximum atomic E-state index is 11.6. The van der Waals surface area contributed by atoms with Crippen LogP contribution in [0.2, 0.25) is 0 Å². The zero-order valence-corrected chi connectivity index (χ0v) is 12.9. The Balaban J connectivity index is 1.67. The number of ether oxygens (including phenoxy) is 1. The van der Waals surface area contributed by atoms with Crippen LogP contribution in [-0.4, -0.2) is 53.2 Å². The van der Waals surface area contributed by atoms with Crippen LogP contribution in [0, 0.1) is 20.8 Å². The first-order valence-corrected chi connectivity index (χ1v) is 7.56. The van der Waals surface area contributed by atoms with Crippen LogP contribution in [0.5, 0.6) is 0 Å². The summed E-state index contributed by atoms with van der Waals surface area (Å²) in [6.45, 7) is 9.13. The molecule has 0 radical (unpaired) electrons. The highest BCUT2D eigenvalue weighted by molar-refractivity contribution is 5.69. The Morgan fingerprint density at radius 2 is 1.67 bits per heavy atom. The van der Waals surface area contributed by atoms with Crippen LogP contribution in [0.25, 0.3) is 0 Å². The van der Waals surface area contributed by atoms with Crippen molar-refractivity contribution in [1.29, 1.82) is 0 Å². The number of hydrogen-bond donors (Lipinski definition) is 0. The molecule has 1 aromatic heterocycles. The van der Waals surface area contributed by atoms with E-state index in [2.05, 4.69) is 21.8 Å². The fourth-order valence-electron chi connectivity index (χ4n) is 3.01. The van der Waals surface area contributed by atoms with Gasteiger partial charge in [0.2, 0.25) is 5.95 Å². The summed E-state index contributed by atoms with van der Waals surface area (Å²) in [6, 6.07) is 0.295. The summed E-state index contributed by atoms with van der Waals surface area (Å²) in [7, 11) is 0. The zero-order chi connectivity index (χ0) is 15.0. The van der Waals surface area contributed by atoms with Gasteiger partial charge in [0.05, 0.1) is 6.54 Å². The second-order valence-electron chi connectivity index (χ2n) is 5.85. The zero-order valence-electron chi connectivity index (χ0n) is 12.9. The quantitative estimate of drug-likeness (QED) is 0.831. The van der Waals surface area contributed by atoms with Crippen molar-refractivity contribution in [2.24, 2.45) is 0 Å². The Bertz CT molecular complexity index is 530. The standard InChI is InChI=1S/C15H22N4O2/c1-10-11(2)16-14(17-12(10)3)18-6-4-13(5-7-18)19-8-9-21-15(19)20/h13H,4-9H2,1-3H3. The van der Waals surface area contributed by atoms with Gasteiger partial charge in [-0.15, -0.1) is 0 Å². The van der Waals surface area contributed by atoms with Crippen LogP contribution in [0.1, 0.15) is 29.8 Å². The lowest BCUT2D eigenvalue weighted by Gasteiger charge is -2.35. The lowest BCUT2D eigenvalue weighted by Crippen LogP contribution is -2.45. The van der Waals surface area contributed by atoms with E-state index in [0.29, 0.717) is 12.6 Å². The molecule has 3 heterocycles. The van der Waals surface area contributed by atoms with E-state index in [9.17, 15) is 4.79 Å². The Hall–Kier alpha value is -1.85. The third-order valence-electron chi connectivity index (χ3n) is 4.60. The van der Waals surface area contributed by atoms with E-state index in [1.54, 1.807) is 0 Å². The monoisotopic (exact) mass is 290 g/mol. The summed E-state index contributed by atoms with van der Waals surface area (Å²) in [4.78, 5) is 24.9. The van der Waals surface area contributed by atoms with Crippen molar-refractivity contribution in [3.63, 3.8) is 0 Å². The molecule has 114 valence electrons. The Morgan fingerprint density at radius 3 is 2.19 bits per heavy atom. The van der Waals surface area contributed by atoms with Gasteiger partial charge in [0, 0.05) is 30.5 Å². The molecule has 0 saturated carbocycles. The van der Waals surface area contributed by atoms with E-state index in [4.69, 9.17) is 4.74 Å². The molecule has 0 unspecified atom stereocenters. The van der Waals surface area contributed by atoms with Crippen LogP contribution in [0.3, 0.4) is 0 Å². The number of rotatable bonds is 2. The molecule has 0 N–H and O–H groups in total. The average Bonchev–Trinajstić information content (AvgIpc) is 2.90. The lowest BCUT2D eigenvalue weighted by atomic mass is 10.0. The van der Waals surface area contributed by atoms with Gasteiger partial charge in [0.1, 0.15) is 6.61 Å². The molecule has 0 aromatic carbocycles. The highest BCUT2D eigenvalue weighted by Crippen LogP contribution is 2.23. The van der Waals surface area contributed by atoms with Crippen LogP contribution in [0.4, 0.5) is 10.7 Å². The smallest absolute Gasteiger partial charge is 0.410 e. The SMILES string of the molecule is Cc1nc(N2CCC(N3CCOC3=O)CC2)nc(C)c1C. The number of carbonyl (C=O) groups excluding carboxylic acids is 1. The molecule has 21 heavy (non-hydrogen) atoms. The summed E-state index contributed by atoms with van der Waals surface area (Å²) in [6.07, 6.45) is 1.74. The molecule has 1 amide bonds. The molecule has 1 aromatic rings. The second kappa shape index (κ2) is 5.50. The number of carbonyl (C=O) groups is 1. The van der Waals surface area contributed by atoms with E-state index >= 15 is 0 Å². The number of anilines is 1. The first-order valence-electron chi connectivity index (χ1n) is 7.56. The molecule has 0 spiro atoms. The van der Waals surface area contributed by atoms with Crippen molar-refractivity contribution < 1.29 is 9.53 Å². The molecule has 3 rings (SSSR count). The van der Waals surface area contributed by atoms with Crippen LogP contribution >= 0.6 is 0 Å². The number of nitrogens with zero attached hydrogens (tertiary/aromatic N) is 4. The van der Waals surface area contributed by atoms with Crippen molar-refractivity contribution in [2.75, 3.05) is 31.1 Å². The van der Waals surface area contributed by atoms with Gasteiger partial charge in [-0.2, -0.15) is 0 Å². The Labute approximate surface area is 125 Å². The predicted octanol–water partition coefficient (Wildman–Crippen LogP) is 1.82. The maximum Gasteiger partial charge on any atom is 0.410 e. The summed E-state index contributed by atoms with van der Waals surface area (Å²) >= 11 is 0. The molecule has 0 aliphatic carbocycles. The van der Waals surface area contributed by atoms with Gasteiger partial charge < -0.3 is 14.5 Å². The van der Waals surface area contributed by atoms with Crippen molar-refractivity contribution in [3.05, 3.63) is 17.0 Å². The minimum atomic E-state index is -0.160. The summed E-state index contributed by atoms with van der Waals surface area (Å²) in [5.41, 5.74) is 3.25.